The average Bonchev–Trinajstić information content (AvgIpc) is 2.67. The molecule has 0 bridgehead atoms. The Morgan fingerprint density at radius 1 is 1.10 bits per heavy atom. The molecule has 0 radical (unpaired) electrons. The van der Waals surface area contributed by atoms with Gasteiger partial charge in [0, 0.05) is 57.0 Å². The van der Waals surface area contributed by atoms with Crippen LogP contribution in [0.15, 0.2) is 35.3 Å². The lowest BCUT2D eigenvalue weighted by Crippen LogP contribution is -2.50. The number of nitrogens with zero attached hydrogens (tertiary/aromatic N) is 3. The predicted molar refractivity (Wildman–Crippen MR) is 125 cm³/mol. The molecule has 1 saturated carbocycles. The molecule has 0 atom stereocenters. The van der Waals surface area contributed by atoms with Crippen LogP contribution in [0.3, 0.4) is 0 Å². The van der Waals surface area contributed by atoms with Gasteiger partial charge in [0.25, 0.3) is 0 Å². The number of aliphatic imine (C=N–C) groups is 1. The lowest BCUT2D eigenvalue weighted by Gasteiger charge is -2.36. The second-order valence-corrected chi connectivity index (χ2v) is 9.42. The molecule has 2 aliphatic rings. The Hall–Kier alpha value is -2.12. The molecule has 30 heavy (non-hydrogen) atoms. The van der Waals surface area contributed by atoms with Gasteiger partial charge in [-0.25, -0.2) is 0 Å². The van der Waals surface area contributed by atoms with E-state index in [-0.39, 0.29) is 17.0 Å². The molecule has 1 aliphatic carbocycles. The highest BCUT2D eigenvalue weighted by atomic mass is 32.1. The van der Waals surface area contributed by atoms with E-state index < -0.39 is 5.92 Å². The Bertz CT molecular complexity index is 794. The van der Waals surface area contributed by atoms with Gasteiger partial charge in [-0.15, -0.1) is 0 Å². The van der Waals surface area contributed by atoms with Crippen molar-refractivity contribution in [2.45, 2.75) is 33.6 Å². The van der Waals surface area contributed by atoms with Crippen molar-refractivity contribution >= 4 is 40.3 Å². The minimum atomic E-state index is -0.628. The molecule has 1 aromatic rings. The highest BCUT2D eigenvalue weighted by Gasteiger charge is 2.40. The minimum absolute atomic E-state index is 0.0190. The maximum atomic E-state index is 12.4. The summed E-state index contributed by atoms with van der Waals surface area (Å²) < 4.78 is 0. The number of carbonyl (C=O) groups excluding carboxylic acids is 2. The molecule has 0 unspecified atom stereocenters. The summed E-state index contributed by atoms with van der Waals surface area (Å²) in [6.45, 7) is 10.8. The Labute approximate surface area is 184 Å². The lowest BCUT2D eigenvalue weighted by molar-refractivity contribution is -0.136. The van der Waals surface area contributed by atoms with Gasteiger partial charge in [-0.1, -0.05) is 32.0 Å². The van der Waals surface area contributed by atoms with Crippen LogP contribution < -0.4 is 5.32 Å². The fraction of sp³-hybridized carbons (Fsp3) is 0.565. The number of hydrogen-bond donors (Lipinski definition) is 1. The summed E-state index contributed by atoms with van der Waals surface area (Å²) >= 11 is 5.54. The van der Waals surface area contributed by atoms with E-state index in [4.69, 9.17) is 12.2 Å². The Balaban J connectivity index is 1.43. The summed E-state index contributed by atoms with van der Waals surface area (Å²) in [4.78, 5) is 34.0. The standard InChI is InChI=1S/C23H32N4O2S/c1-17(21-19(28)15-23(2,3)16-20(21)29)24-9-10-26-11-13-27(14-12-26)22(30)25-18-7-5-4-6-8-18/h4-8,21H,9-16H2,1-3H3,(H,25,30). The van der Waals surface area contributed by atoms with E-state index in [1.54, 1.807) is 0 Å². The van der Waals surface area contributed by atoms with Crippen molar-refractivity contribution in [1.82, 2.24) is 9.80 Å². The molecule has 1 heterocycles. The fourth-order valence-corrected chi connectivity index (χ4v) is 4.51. The van der Waals surface area contributed by atoms with Crippen molar-refractivity contribution in [1.29, 1.82) is 0 Å². The van der Waals surface area contributed by atoms with Crippen LogP contribution in [-0.2, 0) is 9.59 Å². The molecule has 1 saturated heterocycles. The van der Waals surface area contributed by atoms with Gasteiger partial charge in [0.1, 0.15) is 17.5 Å². The SMILES string of the molecule is CC(=NCCN1CCN(C(=S)Nc2ccccc2)CC1)C1C(=O)CC(C)(C)CC1=O. The number of Topliss-reactive ketones (excluding diaryl/α,β-unsaturated/α-hetero) is 2. The summed E-state index contributed by atoms with van der Waals surface area (Å²) in [6, 6.07) is 9.97. The van der Waals surface area contributed by atoms with Crippen LogP contribution in [0.25, 0.3) is 0 Å². The summed E-state index contributed by atoms with van der Waals surface area (Å²) in [5.41, 5.74) is 1.46. The fourth-order valence-electron chi connectivity index (χ4n) is 4.21. The van der Waals surface area contributed by atoms with Crippen molar-refractivity contribution in [3.8, 4) is 0 Å². The third-order valence-corrected chi connectivity index (χ3v) is 6.19. The summed E-state index contributed by atoms with van der Waals surface area (Å²) in [6.07, 6.45) is 0.907. The molecule has 1 N–H and O–H groups in total. The van der Waals surface area contributed by atoms with E-state index in [1.165, 1.54) is 0 Å². The molecule has 7 heteroatoms. The molecule has 1 aromatic carbocycles. The number of ketones is 2. The van der Waals surface area contributed by atoms with Crippen LogP contribution >= 0.6 is 12.2 Å². The van der Waals surface area contributed by atoms with E-state index in [1.807, 2.05) is 51.1 Å². The summed E-state index contributed by atoms with van der Waals surface area (Å²) in [7, 11) is 0. The Kier molecular flexibility index (Phi) is 7.36. The monoisotopic (exact) mass is 428 g/mol. The number of carbonyl (C=O) groups is 2. The minimum Gasteiger partial charge on any atom is -0.346 e. The quantitative estimate of drug-likeness (QED) is 0.442. The van der Waals surface area contributed by atoms with Crippen molar-refractivity contribution in [2.24, 2.45) is 16.3 Å². The largest absolute Gasteiger partial charge is 0.346 e. The van der Waals surface area contributed by atoms with Gasteiger partial charge >= 0.3 is 0 Å². The van der Waals surface area contributed by atoms with Crippen LogP contribution in [0.4, 0.5) is 5.69 Å². The zero-order valence-corrected chi connectivity index (χ0v) is 19.0. The maximum Gasteiger partial charge on any atom is 0.173 e. The molecular weight excluding hydrogens is 396 g/mol. The van der Waals surface area contributed by atoms with Crippen molar-refractivity contribution in [2.75, 3.05) is 44.6 Å². The molecule has 1 aliphatic heterocycles. The first-order valence-electron chi connectivity index (χ1n) is 10.6. The van der Waals surface area contributed by atoms with Crippen LogP contribution in [0.2, 0.25) is 0 Å². The van der Waals surface area contributed by atoms with Gasteiger partial charge in [-0.3, -0.25) is 19.5 Å². The van der Waals surface area contributed by atoms with Crippen LogP contribution in [0.1, 0.15) is 33.6 Å². The maximum absolute atomic E-state index is 12.4. The number of para-hydroxylation sites is 1. The van der Waals surface area contributed by atoms with E-state index >= 15 is 0 Å². The van der Waals surface area contributed by atoms with Gasteiger partial charge < -0.3 is 10.2 Å². The number of nitrogens with one attached hydrogen (secondary N) is 1. The summed E-state index contributed by atoms with van der Waals surface area (Å²) in [5.74, 6) is -0.590. The van der Waals surface area contributed by atoms with Crippen molar-refractivity contribution in [3.05, 3.63) is 30.3 Å². The van der Waals surface area contributed by atoms with Gasteiger partial charge in [0.15, 0.2) is 5.11 Å². The first kappa shape index (κ1) is 22.6. The first-order chi connectivity index (χ1) is 14.2. The van der Waals surface area contributed by atoms with Gasteiger partial charge in [-0.05, 0) is 36.7 Å². The topological polar surface area (TPSA) is 65.0 Å². The van der Waals surface area contributed by atoms with Gasteiger partial charge in [0.05, 0.1) is 6.54 Å². The zero-order chi connectivity index (χ0) is 21.7. The number of thiocarbonyl (C=S) groups is 1. The molecular formula is C23H32N4O2S. The third kappa shape index (κ3) is 5.95. The average molecular weight is 429 g/mol. The Morgan fingerprint density at radius 3 is 2.30 bits per heavy atom. The van der Waals surface area contributed by atoms with E-state index in [0.29, 0.717) is 25.1 Å². The molecule has 2 fully saturated rings. The number of rotatable bonds is 5. The van der Waals surface area contributed by atoms with Crippen molar-refractivity contribution < 1.29 is 9.59 Å². The normalized spacial score (nSPS) is 21.0. The van der Waals surface area contributed by atoms with Gasteiger partial charge in [-0.2, -0.15) is 0 Å². The highest BCUT2D eigenvalue weighted by molar-refractivity contribution is 7.80. The van der Waals surface area contributed by atoms with E-state index in [0.717, 1.165) is 43.5 Å². The smallest absolute Gasteiger partial charge is 0.173 e. The number of hydrogen-bond acceptors (Lipinski definition) is 5. The molecule has 162 valence electrons. The Morgan fingerprint density at radius 2 is 1.70 bits per heavy atom. The molecule has 0 amide bonds. The van der Waals surface area contributed by atoms with Crippen LogP contribution in [-0.4, -0.2) is 71.5 Å². The second-order valence-electron chi connectivity index (χ2n) is 9.03. The van der Waals surface area contributed by atoms with E-state index in [2.05, 4.69) is 20.1 Å². The number of piperazine rings is 1. The zero-order valence-electron chi connectivity index (χ0n) is 18.2. The van der Waals surface area contributed by atoms with Crippen LogP contribution in [0, 0.1) is 11.3 Å². The van der Waals surface area contributed by atoms with E-state index in [9.17, 15) is 9.59 Å². The molecule has 0 aromatic heterocycles. The number of benzene rings is 1. The van der Waals surface area contributed by atoms with Crippen LogP contribution in [0.5, 0.6) is 0 Å². The van der Waals surface area contributed by atoms with Crippen molar-refractivity contribution in [3.63, 3.8) is 0 Å². The number of anilines is 1. The highest BCUT2D eigenvalue weighted by Crippen LogP contribution is 2.34. The summed E-state index contributed by atoms with van der Waals surface area (Å²) in [5, 5.41) is 4.04. The second kappa shape index (κ2) is 9.79. The molecule has 3 rings (SSSR count). The molecule has 0 spiro atoms. The van der Waals surface area contributed by atoms with Gasteiger partial charge in [0.2, 0.25) is 0 Å². The predicted octanol–water partition coefficient (Wildman–Crippen LogP) is 3.04. The first-order valence-corrected chi connectivity index (χ1v) is 11.1. The lowest BCUT2D eigenvalue weighted by atomic mass is 9.70. The third-order valence-electron chi connectivity index (χ3n) is 5.83. The molecule has 6 nitrogen and oxygen atoms in total.